The first-order valence-electron chi connectivity index (χ1n) is 9.66. The van der Waals surface area contributed by atoms with E-state index in [1.54, 1.807) is 41.9 Å². The van der Waals surface area contributed by atoms with E-state index >= 15 is 0 Å². The van der Waals surface area contributed by atoms with Gasteiger partial charge >= 0.3 is 6.36 Å². The molecule has 0 spiro atoms. The number of benzene rings is 1. The molecule has 3 heterocycles. The number of likely N-dealkylation sites (N-methyl/N-ethyl adjacent to an activating group) is 1. The summed E-state index contributed by atoms with van der Waals surface area (Å²) in [7, 11) is 1.79. The minimum atomic E-state index is -4.71. The predicted molar refractivity (Wildman–Crippen MR) is 110 cm³/mol. The Balaban J connectivity index is 1.37. The van der Waals surface area contributed by atoms with Gasteiger partial charge in [-0.25, -0.2) is 4.98 Å². The van der Waals surface area contributed by atoms with Crippen LogP contribution >= 0.6 is 0 Å². The monoisotopic (exact) mass is 447 g/mol. The van der Waals surface area contributed by atoms with Gasteiger partial charge in [0.25, 0.3) is 0 Å². The number of amides is 1. The molecule has 0 unspecified atom stereocenters. The number of aromatic nitrogens is 4. The Kier molecular flexibility index (Phi) is 5.59. The number of carbonyl (C=O) groups is 1. The molecule has 3 aromatic rings. The van der Waals surface area contributed by atoms with Crippen molar-refractivity contribution >= 4 is 23.4 Å². The summed E-state index contributed by atoms with van der Waals surface area (Å²) in [6, 6.07) is 5.65. The lowest BCUT2D eigenvalue weighted by molar-refractivity contribution is -0.274. The normalized spacial score (nSPS) is 13.5. The number of hydrogen-bond donors (Lipinski definition) is 2. The molecule has 1 aromatic carbocycles. The van der Waals surface area contributed by atoms with Crippen molar-refractivity contribution in [2.45, 2.75) is 26.4 Å². The molecule has 9 nitrogen and oxygen atoms in total. The molecular formula is C20H20F3N7O2. The average molecular weight is 447 g/mol. The number of halogens is 3. The van der Waals surface area contributed by atoms with E-state index in [1.807, 2.05) is 6.20 Å². The van der Waals surface area contributed by atoms with E-state index in [1.165, 1.54) is 12.1 Å². The van der Waals surface area contributed by atoms with Crippen molar-refractivity contribution in [2.24, 2.45) is 0 Å². The highest BCUT2D eigenvalue weighted by Crippen LogP contribution is 2.29. The molecule has 1 aliphatic rings. The molecule has 0 fully saturated rings. The van der Waals surface area contributed by atoms with Crippen LogP contribution in [0.5, 0.6) is 5.75 Å². The van der Waals surface area contributed by atoms with Crippen LogP contribution in [0.25, 0.3) is 0 Å². The fraction of sp³-hybridized carbons (Fsp3) is 0.300. The van der Waals surface area contributed by atoms with Crippen LogP contribution in [0.3, 0.4) is 0 Å². The van der Waals surface area contributed by atoms with Crippen molar-refractivity contribution < 1.29 is 22.7 Å². The lowest BCUT2D eigenvalue weighted by atomic mass is 10.2. The van der Waals surface area contributed by atoms with Gasteiger partial charge in [-0.1, -0.05) is 12.1 Å². The van der Waals surface area contributed by atoms with Gasteiger partial charge in [0.15, 0.2) is 5.82 Å². The molecule has 0 atom stereocenters. The van der Waals surface area contributed by atoms with Gasteiger partial charge < -0.3 is 20.3 Å². The summed E-state index contributed by atoms with van der Waals surface area (Å²) in [6.45, 7) is 2.84. The number of nitrogens with zero attached hydrogens (tertiary/aromatic N) is 5. The minimum absolute atomic E-state index is 0.109. The Morgan fingerprint density at radius 2 is 1.94 bits per heavy atom. The van der Waals surface area contributed by atoms with Gasteiger partial charge in [-0.3, -0.25) is 9.48 Å². The topological polar surface area (TPSA) is 97.2 Å². The van der Waals surface area contributed by atoms with Crippen molar-refractivity contribution in [3.05, 3.63) is 53.5 Å². The molecule has 0 saturated heterocycles. The number of rotatable bonds is 6. The second-order valence-corrected chi connectivity index (χ2v) is 7.33. The molecule has 168 valence electrons. The van der Waals surface area contributed by atoms with Crippen molar-refractivity contribution in [1.82, 2.24) is 19.7 Å². The highest BCUT2D eigenvalue weighted by atomic mass is 19.4. The molecule has 2 aromatic heterocycles. The molecule has 2 N–H and O–H groups in total. The first-order chi connectivity index (χ1) is 15.2. The molecule has 1 aliphatic heterocycles. The van der Waals surface area contributed by atoms with E-state index in [4.69, 9.17) is 0 Å². The van der Waals surface area contributed by atoms with Crippen molar-refractivity contribution in [3.8, 4) is 5.75 Å². The van der Waals surface area contributed by atoms with E-state index < -0.39 is 6.36 Å². The van der Waals surface area contributed by atoms with Crippen LogP contribution in [0.2, 0.25) is 0 Å². The fourth-order valence-electron chi connectivity index (χ4n) is 3.28. The van der Waals surface area contributed by atoms with Gasteiger partial charge in [0.2, 0.25) is 11.9 Å². The maximum Gasteiger partial charge on any atom is 0.573 e. The van der Waals surface area contributed by atoms with Gasteiger partial charge in [-0.05, 0) is 24.6 Å². The number of hydrogen-bond acceptors (Lipinski definition) is 7. The fourth-order valence-corrected chi connectivity index (χ4v) is 3.28. The van der Waals surface area contributed by atoms with E-state index in [2.05, 4.69) is 30.4 Å². The third-order valence-corrected chi connectivity index (χ3v) is 4.72. The average Bonchev–Trinajstić information content (AvgIpc) is 3.15. The number of anilines is 3. The first-order valence-corrected chi connectivity index (χ1v) is 9.66. The summed E-state index contributed by atoms with van der Waals surface area (Å²) in [4.78, 5) is 22.3. The third kappa shape index (κ3) is 5.07. The SMILES string of the molecule is Cc1nc(NCc2cnn(Cc3ccc(OC(F)(F)F)cc3)c2)nc2c1NC(=O)CN2C. The van der Waals surface area contributed by atoms with Gasteiger partial charge in [0, 0.05) is 25.4 Å². The van der Waals surface area contributed by atoms with E-state index in [0.29, 0.717) is 36.2 Å². The summed E-state index contributed by atoms with van der Waals surface area (Å²) in [6.07, 6.45) is -1.20. The first kappa shape index (κ1) is 21.4. The predicted octanol–water partition coefficient (Wildman–Crippen LogP) is 2.93. The molecular weight excluding hydrogens is 427 g/mol. The lowest BCUT2D eigenvalue weighted by Gasteiger charge is -2.27. The van der Waals surface area contributed by atoms with Crippen LogP contribution in [0.4, 0.5) is 30.6 Å². The summed E-state index contributed by atoms with van der Waals surface area (Å²) >= 11 is 0. The van der Waals surface area contributed by atoms with Crippen LogP contribution in [0, 0.1) is 6.92 Å². The number of ether oxygens (including phenoxy) is 1. The molecule has 0 aliphatic carbocycles. The number of carbonyl (C=O) groups excluding carboxylic acids is 1. The van der Waals surface area contributed by atoms with Crippen LogP contribution in [0.1, 0.15) is 16.8 Å². The van der Waals surface area contributed by atoms with Gasteiger partial charge in [-0.15, -0.1) is 13.2 Å². The van der Waals surface area contributed by atoms with Gasteiger partial charge in [0.1, 0.15) is 11.4 Å². The quantitative estimate of drug-likeness (QED) is 0.600. The number of alkyl halides is 3. The second-order valence-electron chi connectivity index (χ2n) is 7.33. The van der Waals surface area contributed by atoms with Gasteiger partial charge in [0.05, 0.1) is 25.0 Å². The maximum absolute atomic E-state index is 12.3. The summed E-state index contributed by atoms with van der Waals surface area (Å²) in [5, 5.41) is 10.2. The van der Waals surface area contributed by atoms with E-state index in [-0.39, 0.29) is 18.2 Å². The van der Waals surface area contributed by atoms with Crippen LogP contribution in [-0.4, -0.2) is 45.6 Å². The molecule has 4 rings (SSSR count). The van der Waals surface area contributed by atoms with E-state index in [9.17, 15) is 18.0 Å². The summed E-state index contributed by atoms with van der Waals surface area (Å²) < 4.78 is 42.3. The lowest BCUT2D eigenvalue weighted by Crippen LogP contribution is -2.36. The molecule has 0 bridgehead atoms. The maximum atomic E-state index is 12.3. The zero-order valence-electron chi connectivity index (χ0n) is 17.3. The molecule has 32 heavy (non-hydrogen) atoms. The Bertz CT molecular complexity index is 1130. The Morgan fingerprint density at radius 3 is 2.66 bits per heavy atom. The smallest absolute Gasteiger partial charge is 0.406 e. The summed E-state index contributed by atoms with van der Waals surface area (Å²) in [5.74, 6) is 0.699. The van der Waals surface area contributed by atoms with E-state index in [0.717, 1.165) is 11.1 Å². The number of aryl methyl sites for hydroxylation is 1. The highest BCUT2D eigenvalue weighted by Gasteiger charge is 2.31. The highest BCUT2D eigenvalue weighted by molar-refractivity contribution is 6.00. The van der Waals surface area contributed by atoms with Crippen molar-refractivity contribution in [1.29, 1.82) is 0 Å². The second kappa shape index (κ2) is 8.36. The van der Waals surface area contributed by atoms with Crippen molar-refractivity contribution in [2.75, 3.05) is 29.1 Å². The largest absolute Gasteiger partial charge is 0.573 e. The van der Waals surface area contributed by atoms with Crippen LogP contribution < -0.4 is 20.3 Å². The Labute approximate surface area is 181 Å². The zero-order chi connectivity index (χ0) is 22.9. The van der Waals surface area contributed by atoms with Gasteiger partial charge in [-0.2, -0.15) is 10.1 Å². The van der Waals surface area contributed by atoms with Crippen LogP contribution in [0.15, 0.2) is 36.7 Å². The third-order valence-electron chi connectivity index (χ3n) is 4.72. The number of nitrogens with one attached hydrogen (secondary N) is 2. The minimum Gasteiger partial charge on any atom is -0.406 e. The van der Waals surface area contributed by atoms with Crippen molar-refractivity contribution in [3.63, 3.8) is 0 Å². The summed E-state index contributed by atoms with van der Waals surface area (Å²) in [5.41, 5.74) is 2.92. The molecule has 12 heteroatoms. The molecule has 1 amide bonds. The standard InChI is InChI=1S/C20H20F3N7O2/c1-12-17-18(29(2)11-16(31)27-17)28-19(26-12)24-7-14-8-25-30(10-14)9-13-3-5-15(6-4-13)32-20(21,22)23/h3-6,8,10H,7,9,11H2,1-2H3,(H,27,31)(H,24,26,28). The molecule has 0 saturated carbocycles. The Hall–Kier alpha value is -3.83. The number of fused-ring (bicyclic) bond motifs is 1. The van der Waals surface area contributed by atoms with Crippen LogP contribution in [-0.2, 0) is 17.9 Å². The Morgan fingerprint density at radius 1 is 1.19 bits per heavy atom. The molecule has 0 radical (unpaired) electrons. The zero-order valence-corrected chi connectivity index (χ0v) is 17.3.